The van der Waals surface area contributed by atoms with Gasteiger partial charge in [0, 0.05) is 40.8 Å². The van der Waals surface area contributed by atoms with Crippen LogP contribution in [0.4, 0.5) is 10.2 Å². The molecule has 1 saturated heterocycles. The molecule has 0 radical (unpaired) electrons. The molecule has 4 rings (SSSR count). The van der Waals surface area contributed by atoms with E-state index < -0.39 is 17.6 Å². The maximum atomic E-state index is 13.9. The highest BCUT2D eigenvalue weighted by Crippen LogP contribution is 2.21. The summed E-state index contributed by atoms with van der Waals surface area (Å²) in [6, 6.07) is 10.9. The van der Waals surface area contributed by atoms with E-state index in [1.54, 1.807) is 24.3 Å². The first-order valence-electron chi connectivity index (χ1n) is 10.9. The molecule has 2 heterocycles. The van der Waals surface area contributed by atoms with Crippen molar-refractivity contribution < 1.29 is 14.0 Å². The zero-order valence-corrected chi connectivity index (χ0v) is 19.0. The second-order valence-corrected chi connectivity index (χ2v) is 8.44. The van der Waals surface area contributed by atoms with Crippen molar-refractivity contribution in [2.75, 3.05) is 18.8 Å². The van der Waals surface area contributed by atoms with Crippen LogP contribution < -0.4 is 21.7 Å². The first-order valence-corrected chi connectivity index (χ1v) is 11.2. The van der Waals surface area contributed by atoms with Gasteiger partial charge in [-0.1, -0.05) is 23.7 Å². The average Bonchev–Trinajstić information content (AvgIpc) is 2.85. The van der Waals surface area contributed by atoms with Crippen molar-refractivity contribution in [3.05, 3.63) is 76.3 Å². The molecule has 1 atom stereocenters. The molecular weight excluding hydrogens is 459 g/mol. The molecule has 0 unspecified atom stereocenters. The van der Waals surface area contributed by atoms with Gasteiger partial charge in [-0.2, -0.15) is 0 Å². The van der Waals surface area contributed by atoms with Gasteiger partial charge in [-0.05, 0) is 49.7 Å². The number of nitrogens with one attached hydrogen (secondary N) is 3. The number of piperidine rings is 1. The molecular formula is C24H24ClFN6O2. The number of nitrogen functional groups attached to an aromatic ring is 1. The van der Waals surface area contributed by atoms with E-state index in [4.69, 9.17) is 17.3 Å². The van der Waals surface area contributed by atoms with E-state index in [0.717, 1.165) is 19.4 Å². The molecule has 10 heteroatoms. The monoisotopic (exact) mass is 482 g/mol. The maximum Gasteiger partial charge on any atom is 0.274 e. The number of halogens is 2. The minimum absolute atomic E-state index is 0.00228. The van der Waals surface area contributed by atoms with E-state index in [0.29, 0.717) is 28.4 Å². The number of hydrogen-bond acceptors (Lipinski definition) is 6. The Morgan fingerprint density at radius 3 is 2.85 bits per heavy atom. The third kappa shape index (κ3) is 5.67. The highest BCUT2D eigenvalue weighted by molar-refractivity contribution is 6.30. The van der Waals surface area contributed by atoms with Gasteiger partial charge >= 0.3 is 0 Å². The van der Waals surface area contributed by atoms with E-state index >= 15 is 0 Å². The fourth-order valence-corrected chi connectivity index (χ4v) is 3.90. The fourth-order valence-electron chi connectivity index (χ4n) is 3.71. The third-order valence-corrected chi connectivity index (χ3v) is 5.75. The molecule has 1 fully saturated rings. The molecule has 5 N–H and O–H groups in total. The Morgan fingerprint density at radius 2 is 2.06 bits per heavy atom. The molecule has 0 saturated carbocycles. The van der Waals surface area contributed by atoms with Crippen LogP contribution in [0, 0.1) is 5.82 Å². The lowest BCUT2D eigenvalue weighted by atomic mass is 10.1. The van der Waals surface area contributed by atoms with Crippen LogP contribution in [-0.4, -0.2) is 40.9 Å². The summed E-state index contributed by atoms with van der Waals surface area (Å²) >= 11 is 5.91. The number of amides is 2. The van der Waals surface area contributed by atoms with Gasteiger partial charge in [-0.15, -0.1) is 0 Å². The number of carbonyl (C=O) groups is 2. The maximum absolute atomic E-state index is 13.9. The zero-order valence-electron chi connectivity index (χ0n) is 18.3. The van der Waals surface area contributed by atoms with E-state index in [9.17, 15) is 14.0 Å². The molecule has 2 aromatic carbocycles. The van der Waals surface area contributed by atoms with Crippen LogP contribution >= 0.6 is 11.6 Å². The molecule has 176 valence electrons. The molecule has 0 aliphatic carbocycles. The van der Waals surface area contributed by atoms with Crippen molar-refractivity contribution in [3.8, 4) is 11.3 Å². The largest absolute Gasteiger partial charge is 0.382 e. The fraction of sp³-hybridized carbons (Fsp3) is 0.250. The summed E-state index contributed by atoms with van der Waals surface area (Å²) in [5, 5.41) is 9.24. The Labute approximate surface area is 201 Å². The van der Waals surface area contributed by atoms with Gasteiger partial charge < -0.3 is 21.7 Å². The summed E-state index contributed by atoms with van der Waals surface area (Å²) in [6.07, 6.45) is 3.31. The van der Waals surface area contributed by atoms with Crippen molar-refractivity contribution >= 4 is 29.2 Å². The van der Waals surface area contributed by atoms with Crippen LogP contribution in [0.3, 0.4) is 0 Å². The first-order chi connectivity index (χ1) is 16.4. The summed E-state index contributed by atoms with van der Waals surface area (Å²) in [5.74, 6) is -1.21. The van der Waals surface area contributed by atoms with Crippen LogP contribution in [0.1, 0.15) is 39.3 Å². The lowest BCUT2D eigenvalue weighted by Gasteiger charge is -2.23. The summed E-state index contributed by atoms with van der Waals surface area (Å²) in [5.41, 5.74) is 7.56. The number of nitrogens with two attached hydrogens (primary N) is 1. The quantitative estimate of drug-likeness (QED) is 0.428. The average molecular weight is 483 g/mol. The number of benzene rings is 2. The smallest absolute Gasteiger partial charge is 0.274 e. The third-order valence-electron chi connectivity index (χ3n) is 5.52. The molecule has 34 heavy (non-hydrogen) atoms. The zero-order chi connectivity index (χ0) is 24.1. The summed E-state index contributed by atoms with van der Waals surface area (Å²) in [4.78, 5) is 33.9. The summed E-state index contributed by atoms with van der Waals surface area (Å²) in [6.45, 7) is 1.61. The predicted octanol–water partition coefficient (Wildman–Crippen LogP) is 2.93. The molecule has 0 bridgehead atoms. The number of aromatic nitrogens is 2. The second kappa shape index (κ2) is 10.6. The van der Waals surface area contributed by atoms with Crippen molar-refractivity contribution in [1.29, 1.82) is 0 Å². The number of hydrogen-bond donors (Lipinski definition) is 4. The Bertz CT molecular complexity index is 1220. The Balaban J connectivity index is 1.49. The van der Waals surface area contributed by atoms with Crippen LogP contribution in [-0.2, 0) is 6.54 Å². The first kappa shape index (κ1) is 23.6. The SMILES string of the molecule is Nc1ncc(-c2cccc(C(=O)NCc3cc(Cl)ccc3F)c2)nc1C(=O)N[C@H]1CCCNC1. The van der Waals surface area contributed by atoms with Crippen molar-refractivity contribution in [2.45, 2.75) is 25.4 Å². The van der Waals surface area contributed by atoms with Gasteiger partial charge in [0.1, 0.15) is 5.82 Å². The van der Waals surface area contributed by atoms with Crippen LogP contribution in [0.2, 0.25) is 5.02 Å². The van der Waals surface area contributed by atoms with Gasteiger partial charge in [-0.25, -0.2) is 14.4 Å². The van der Waals surface area contributed by atoms with Gasteiger partial charge in [-0.3, -0.25) is 9.59 Å². The van der Waals surface area contributed by atoms with Gasteiger partial charge in [0.2, 0.25) is 0 Å². The molecule has 1 aliphatic heterocycles. The predicted molar refractivity (Wildman–Crippen MR) is 128 cm³/mol. The highest BCUT2D eigenvalue weighted by atomic mass is 35.5. The molecule has 1 aromatic heterocycles. The van der Waals surface area contributed by atoms with E-state index in [2.05, 4.69) is 25.9 Å². The Hall–Kier alpha value is -3.56. The number of rotatable bonds is 6. The summed E-state index contributed by atoms with van der Waals surface area (Å²) in [7, 11) is 0. The molecule has 1 aliphatic rings. The highest BCUT2D eigenvalue weighted by Gasteiger charge is 2.20. The minimum Gasteiger partial charge on any atom is -0.382 e. The lowest BCUT2D eigenvalue weighted by Crippen LogP contribution is -2.46. The number of carbonyl (C=O) groups excluding carboxylic acids is 2. The standard InChI is InChI=1S/C24H24ClFN6O2/c25-17-6-7-19(26)16(10-17)11-30-23(33)15-4-1-3-14(9-15)20-13-29-22(27)21(32-20)24(34)31-18-5-2-8-28-12-18/h1,3-4,6-7,9-10,13,18,28H,2,5,8,11-12H2,(H2,27,29)(H,30,33)(H,31,34)/t18-/m0/s1. The van der Waals surface area contributed by atoms with E-state index in [1.807, 2.05) is 0 Å². The molecule has 2 amide bonds. The molecule has 8 nitrogen and oxygen atoms in total. The van der Waals surface area contributed by atoms with Crippen molar-refractivity contribution in [2.24, 2.45) is 0 Å². The van der Waals surface area contributed by atoms with Crippen LogP contribution in [0.15, 0.2) is 48.7 Å². The van der Waals surface area contributed by atoms with Gasteiger partial charge in [0.25, 0.3) is 11.8 Å². The second-order valence-electron chi connectivity index (χ2n) is 8.01. The van der Waals surface area contributed by atoms with Gasteiger partial charge in [0.15, 0.2) is 11.5 Å². The Kier molecular flexibility index (Phi) is 7.34. The van der Waals surface area contributed by atoms with Gasteiger partial charge in [0.05, 0.1) is 11.9 Å². The minimum atomic E-state index is -0.453. The van der Waals surface area contributed by atoms with Crippen LogP contribution in [0.25, 0.3) is 11.3 Å². The number of nitrogens with zero attached hydrogens (tertiary/aromatic N) is 2. The van der Waals surface area contributed by atoms with E-state index in [1.165, 1.54) is 24.4 Å². The normalized spacial score (nSPS) is 15.5. The topological polar surface area (TPSA) is 122 Å². The van der Waals surface area contributed by atoms with Crippen molar-refractivity contribution in [1.82, 2.24) is 25.9 Å². The van der Waals surface area contributed by atoms with Crippen molar-refractivity contribution in [3.63, 3.8) is 0 Å². The molecule has 3 aromatic rings. The number of anilines is 1. The molecule has 0 spiro atoms. The van der Waals surface area contributed by atoms with Crippen LogP contribution in [0.5, 0.6) is 0 Å². The summed E-state index contributed by atoms with van der Waals surface area (Å²) < 4.78 is 13.9. The van der Waals surface area contributed by atoms with E-state index in [-0.39, 0.29) is 29.7 Å². The Morgan fingerprint density at radius 1 is 1.21 bits per heavy atom. The lowest BCUT2D eigenvalue weighted by molar-refractivity contribution is 0.0923.